The third-order valence-corrected chi connectivity index (χ3v) is 6.10. The number of rotatable bonds is 9. The molecule has 1 heterocycles. The van der Waals surface area contributed by atoms with Gasteiger partial charge in [-0.05, 0) is 48.6 Å². The van der Waals surface area contributed by atoms with Crippen molar-refractivity contribution in [3.63, 3.8) is 0 Å². The van der Waals surface area contributed by atoms with Crippen LogP contribution in [-0.2, 0) is 27.2 Å². The number of aromatic nitrogens is 1. The summed E-state index contributed by atoms with van der Waals surface area (Å²) in [6, 6.07) is 25.7. The summed E-state index contributed by atoms with van der Waals surface area (Å²) in [5.74, 6) is -0.719. The van der Waals surface area contributed by atoms with Crippen LogP contribution in [0.2, 0.25) is 0 Å². The molecule has 0 saturated heterocycles. The molecule has 0 bridgehead atoms. The molecule has 32 heavy (non-hydrogen) atoms. The highest BCUT2D eigenvalue weighted by Crippen LogP contribution is 2.23. The average Bonchev–Trinajstić information content (AvgIpc) is 3.22. The number of fused-ring (bicyclic) bond motifs is 1. The molecule has 4 rings (SSSR count). The topological polar surface area (TPSA) is 68.3 Å². The minimum absolute atomic E-state index is 0.258. The fraction of sp³-hybridized carbons (Fsp3) is 0.192. The number of para-hydroxylation sites is 2. The molecule has 162 valence electrons. The Labute approximate surface area is 191 Å². The molecule has 4 aromatic rings. The molecule has 0 saturated carbocycles. The quantitative estimate of drug-likeness (QED) is 0.351. The Morgan fingerprint density at radius 3 is 2.50 bits per heavy atom. The Hall–Kier alpha value is -3.51. The van der Waals surface area contributed by atoms with Crippen LogP contribution in [0.4, 0.5) is 5.69 Å². The van der Waals surface area contributed by atoms with E-state index in [1.165, 1.54) is 0 Å². The van der Waals surface area contributed by atoms with Gasteiger partial charge in [-0.1, -0.05) is 60.7 Å². The maximum absolute atomic E-state index is 12.3. The first kappa shape index (κ1) is 21.7. The van der Waals surface area contributed by atoms with Gasteiger partial charge in [0.25, 0.3) is 5.91 Å². The van der Waals surface area contributed by atoms with Crippen molar-refractivity contribution < 1.29 is 14.3 Å². The van der Waals surface area contributed by atoms with Crippen LogP contribution < -0.4 is 5.32 Å². The summed E-state index contributed by atoms with van der Waals surface area (Å²) in [6.07, 6.45) is 2.32. The molecular formula is C26H24N2O3S. The Kier molecular flexibility index (Phi) is 7.25. The lowest BCUT2D eigenvalue weighted by Gasteiger charge is -2.11. The van der Waals surface area contributed by atoms with Crippen LogP contribution in [0.25, 0.3) is 10.2 Å². The van der Waals surface area contributed by atoms with Crippen LogP contribution in [-0.4, -0.2) is 23.5 Å². The van der Waals surface area contributed by atoms with E-state index in [-0.39, 0.29) is 24.9 Å². The summed E-state index contributed by atoms with van der Waals surface area (Å²) < 4.78 is 6.31. The van der Waals surface area contributed by atoms with Gasteiger partial charge in [0.2, 0.25) is 0 Å². The van der Waals surface area contributed by atoms with E-state index < -0.39 is 0 Å². The predicted molar refractivity (Wildman–Crippen MR) is 128 cm³/mol. The Bertz CT molecular complexity index is 1170. The SMILES string of the molecule is O=C(COC(=O)CCCc1nc2ccccc2s1)Nc1ccccc1Cc1ccccc1. The van der Waals surface area contributed by atoms with Gasteiger partial charge < -0.3 is 10.1 Å². The van der Waals surface area contributed by atoms with E-state index >= 15 is 0 Å². The zero-order chi connectivity index (χ0) is 22.2. The van der Waals surface area contributed by atoms with E-state index in [1.807, 2.05) is 66.7 Å². The number of esters is 1. The number of hydrogen-bond acceptors (Lipinski definition) is 5. The van der Waals surface area contributed by atoms with Crippen molar-refractivity contribution in [2.45, 2.75) is 25.7 Å². The molecule has 0 atom stereocenters. The van der Waals surface area contributed by atoms with Crippen molar-refractivity contribution in [3.8, 4) is 0 Å². The summed E-state index contributed by atoms with van der Waals surface area (Å²) in [6.45, 7) is -0.292. The number of hydrogen-bond donors (Lipinski definition) is 1. The first-order valence-corrected chi connectivity index (χ1v) is 11.4. The first-order chi connectivity index (χ1) is 15.7. The number of nitrogens with one attached hydrogen (secondary N) is 1. The second kappa shape index (κ2) is 10.7. The zero-order valence-electron chi connectivity index (χ0n) is 17.6. The van der Waals surface area contributed by atoms with Gasteiger partial charge in [-0.15, -0.1) is 11.3 Å². The molecular weight excluding hydrogens is 420 g/mol. The second-order valence-corrected chi connectivity index (χ2v) is 8.57. The van der Waals surface area contributed by atoms with Crippen LogP contribution in [0.3, 0.4) is 0 Å². The van der Waals surface area contributed by atoms with Gasteiger partial charge >= 0.3 is 5.97 Å². The van der Waals surface area contributed by atoms with Gasteiger partial charge in [0.1, 0.15) is 0 Å². The summed E-state index contributed by atoms with van der Waals surface area (Å²) in [5.41, 5.74) is 3.88. The van der Waals surface area contributed by atoms with E-state index in [9.17, 15) is 9.59 Å². The molecule has 1 aromatic heterocycles. The summed E-state index contributed by atoms with van der Waals surface area (Å²) >= 11 is 1.64. The van der Waals surface area contributed by atoms with Crippen molar-refractivity contribution in [1.29, 1.82) is 0 Å². The smallest absolute Gasteiger partial charge is 0.306 e. The minimum Gasteiger partial charge on any atom is -0.456 e. The molecule has 0 aliphatic carbocycles. The largest absolute Gasteiger partial charge is 0.456 e. The molecule has 0 fully saturated rings. The fourth-order valence-corrected chi connectivity index (χ4v) is 4.44. The summed E-state index contributed by atoms with van der Waals surface area (Å²) in [5, 5.41) is 3.86. The van der Waals surface area contributed by atoms with Crippen LogP contribution in [0, 0.1) is 0 Å². The third-order valence-electron chi connectivity index (χ3n) is 5.00. The lowest BCUT2D eigenvalue weighted by molar-refractivity contribution is -0.147. The predicted octanol–water partition coefficient (Wildman–Crippen LogP) is 5.39. The Balaban J connectivity index is 1.22. The normalized spacial score (nSPS) is 10.8. The van der Waals surface area contributed by atoms with Crippen LogP contribution >= 0.6 is 11.3 Å². The monoisotopic (exact) mass is 444 g/mol. The lowest BCUT2D eigenvalue weighted by Crippen LogP contribution is -2.21. The van der Waals surface area contributed by atoms with Gasteiger partial charge in [0.05, 0.1) is 15.2 Å². The Morgan fingerprint density at radius 1 is 0.906 bits per heavy atom. The molecule has 1 amide bonds. The summed E-state index contributed by atoms with van der Waals surface area (Å²) in [7, 11) is 0. The minimum atomic E-state index is -0.376. The van der Waals surface area contributed by atoms with E-state index in [0.717, 1.165) is 32.0 Å². The van der Waals surface area contributed by atoms with E-state index in [1.54, 1.807) is 11.3 Å². The highest BCUT2D eigenvalue weighted by atomic mass is 32.1. The van der Waals surface area contributed by atoms with Crippen LogP contribution in [0.1, 0.15) is 29.0 Å². The molecule has 3 aromatic carbocycles. The molecule has 0 aliphatic heterocycles. The Morgan fingerprint density at radius 2 is 1.66 bits per heavy atom. The number of aryl methyl sites for hydroxylation is 1. The maximum Gasteiger partial charge on any atom is 0.306 e. The van der Waals surface area contributed by atoms with Crippen molar-refractivity contribution >= 4 is 39.1 Å². The molecule has 0 radical (unpaired) electrons. The first-order valence-electron chi connectivity index (χ1n) is 10.6. The molecule has 0 aliphatic rings. The summed E-state index contributed by atoms with van der Waals surface area (Å²) in [4.78, 5) is 28.9. The van der Waals surface area contributed by atoms with Crippen molar-refractivity contribution in [3.05, 3.63) is 95.0 Å². The molecule has 6 heteroatoms. The number of thiazole rings is 1. The van der Waals surface area contributed by atoms with Gasteiger partial charge in [-0.2, -0.15) is 0 Å². The van der Waals surface area contributed by atoms with Crippen molar-refractivity contribution in [1.82, 2.24) is 4.98 Å². The van der Waals surface area contributed by atoms with Gasteiger partial charge in [0.15, 0.2) is 6.61 Å². The van der Waals surface area contributed by atoms with E-state index in [2.05, 4.69) is 22.4 Å². The number of carbonyl (C=O) groups excluding carboxylic acids is 2. The van der Waals surface area contributed by atoms with E-state index in [0.29, 0.717) is 19.3 Å². The highest BCUT2D eigenvalue weighted by molar-refractivity contribution is 7.18. The number of carbonyl (C=O) groups is 2. The zero-order valence-corrected chi connectivity index (χ0v) is 18.4. The number of nitrogens with zero attached hydrogens (tertiary/aromatic N) is 1. The third kappa shape index (κ3) is 6.02. The highest BCUT2D eigenvalue weighted by Gasteiger charge is 2.11. The van der Waals surface area contributed by atoms with Crippen molar-refractivity contribution in [2.24, 2.45) is 0 Å². The lowest BCUT2D eigenvalue weighted by atomic mass is 10.0. The number of amides is 1. The average molecular weight is 445 g/mol. The van der Waals surface area contributed by atoms with Crippen LogP contribution in [0.15, 0.2) is 78.9 Å². The van der Waals surface area contributed by atoms with E-state index in [4.69, 9.17) is 4.74 Å². The maximum atomic E-state index is 12.3. The van der Waals surface area contributed by atoms with Gasteiger partial charge in [-0.3, -0.25) is 9.59 Å². The molecule has 1 N–H and O–H groups in total. The number of ether oxygens (including phenoxy) is 1. The standard InChI is InChI=1S/C26H24N2O3S/c29-24(27-21-12-5-4-11-20(21)17-19-9-2-1-3-10-19)18-31-26(30)16-8-15-25-28-22-13-6-7-14-23(22)32-25/h1-7,9-14H,8,15-18H2,(H,27,29). The number of benzene rings is 3. The molecule has 5 nitrogen and oxygen atoms in total. The van der Waals surface area contributed by atoms with Gasteiger partial charge in [0, 0.05) is 12.1 Å². The molecule has 0 spiro atoms. The second-order valence-electron chi connectivity index (χ2n) is 7.46. The fourth-order valence-electron chi connectivity index (χ4n) is 3.43. The molecule has 0 unspecified atom stereocenters. The van der Waals surface area contributed by atoms with Crippen molar-refractivity contribution in [2.75, 3.05) is 11.9 Å². The number of anilines is 1. The van der Waals surface area contributed by atoms with Gasteiger partial charge in [-0.25, -0.2) is 4.98 Å². The van der Waals surface area contributed by atoms with Crippen LogP contribution in [0.5, 0.6) is 0 Å².